The lowest BCUT2D eigenvalue weighted by Gasteiger charge is -2.24. The number of carbonyl (C=O) groups excluding carboxylic acids is 1. The number of hydrogen-bond donors (Lipinski definition) is 1. The highest BCUT2D eigenvalue weighted by Crippen LogP contribution is 2.34. The van der Waals surface area contributed by atoms with Crippen molar-refractivity contribution in [3.05, 3.63) is 35.1 Å². The molecule has 1 aliphatic heterocycles. The monoisotopic (exact) mass is 261 g/mol. The molecular weight excluding hydrogens is 241 g/mol. The molecule has 102 valence electrons. The second kappa shape index (κ2) is 5.04. The molecule has 1 saturated heterocycles. The first kappa shape index (κ1) is 12.8. The zero-order valence-electron chi connectivity index (χ0n) is 11.3. The van der Waals surface area contributed by atoms with Crippen molar-refractivity contribution in [1.29, 1.82) is 0 Å². The Morgan fingerprint density at radius 3 is 2.89 bits per heavy atom. The van der Waals surface area contributed by atoms with Crippen molar-refractivity contribution in [2.24, 2.45) is 5.92 Å². The van der Waals surface area contributed by atoms with Gasteiger partial charge in [-0.2, -0.15) is 0 Å². The van der Waals surface area contributed by atoms with Crippen molar-refractivity contribution in [2.45, 2.75) is 51.1 Å². The van der Waals surface area contributed by atoms with Gasteiger partial charge in [-0.05, 0) is 49.8 Å². The first-order chi connectivity index (χ1) is 9.15. The molecule has 1 aliphatic carbocycles. The first-order valence-electron chi connectivity index (χ1n) is 7.21. The minimum Gasteiger partial charge on any atom is -0.304 e. The van der Waals surface area contributed by atoms with Crippen LogP contribution in [0.2, 0.25) is 0 Å². The molecule has 19 heavy (non-hydrogen) atoms. The van der Waals surface area contributed by atoms with Gasteiger partial charge in [0.1, 0.15) is 5.82 Å². The highest BCUT2D eigenvalue weighted by Gasteiger charge is 2.38. The van der Waals surface area contributed by atoms with Crippen molar-refractivity contribution in [3.8, 4) is 0 Å². The van der Waals surface area contributed by atoms with Gasteiger partial charge in [-0.25, -0.2) is 4.39 Å². The van der Waals surface area contributed by atoms with Crippen molar-refractivity contribution in [1.82, 2.24) is 5.32 Å². The third kappa shape index (κ3) is 2.44. The van der Waals surface area contributed by atoms with Crippen LogP contribution >= 0.6 is 0 Å². The summed E-state index contributed by atoms with van der Waals surface area (Å²) < 4.78 is 13.3. The highest BCUT2D eigenvalue weighted by molar-refractivity contribution is 6.01. The minimum absolute atomic E-state index is 0.0615. The number of benzene rings is 1. The number of halogens is 1. The second-order valence-corrected chi connectivity index (χ2v) is 5.93. The average molecular weight is 261 g/mol. The van der Waals surface area contributed by atoms with Crippen molar-refractivity contribution >= 4 is 5.78 Å². The van der Waals surface area contributed by atoms with Gasteiger partial charge in [0.15, 0.2) is 5.78 Å². The summed E-state index contributed by atoms with van der Waals surface area (Å²) in [6.45, 7) is 1.87. The summed E-state index contributed by atoms with van der Waals surface area (Å²) in [5.74, 6) is 0.368. The van der Waals surface area contributed by atoms with Crippen molar-refractivity contribution in [2.75, 3.05) is 0 Å². The van der Waals surface area contributed by atoms with Crippen LogP contribution in [0.15, 0.2) is 18.2 Å². The molecule has 1 N–H and O–H groups in total. The molecule has 0 amide bonds. The Hall–Kier alpha value is -1.22. The summed E-state index contributed by atoms with van der Waals surface area (Å²) in [4.78, 5) is 12.5. The minimum atomic E-state index is -0.329. The summed E-state index contributed by atoms with van der Waals surface area (Å²) in [6, 6.07) is 4.85. The Labute approximate surface area is 113 Å². The first-order valence-corrected chi connectivity index (χ1v) is 7.21. The number of aryl methyl sites for hydroxylation is 1. The van der Waals surface area contributed by atoms with E-state index in [1.807, 2.05) is 6.92 Å². The lowest BCUT2D eigenvalue weighted by molar-refractivity contribution is 0.0948. The number of rotatable bonds is 2. The van der Waals surface area contributed by atoms with E-state index in [1.165, 1.54) is 37.8 Å². The SMILES string of the molecule is Cc1ccc(F)cc1C(=O)C1CC2CCCCC2N1. The quantitative estimate of drug-likeness (QED) is 0.828. The van der Waals surface area contributed by atoms with E-state index in [4.69, 9.17) is 0 Å². The molecule has 1 saturated carbocycles. The van der Waals surface area contributed by atoms with E-state index in [2.05, 4.69) is 5.32 Å². The number of fused-ring (bicyclic) bond motifs is 1. The fourth-order valence-corrected chi connectivity index (χ4v) is 3.57. The largest absolute Gasteiger partial charge is 0.304 e. The molecule has 3 unspecified atom stereocenters. The number of Topliss-reactive ketones (excluding diaryl/α,β-unsaturated/α-hetero) is 1. The van der Waals surface area contributed by atoms with Crippen LogP contribution in [0.1, 0.15) is 48.0 Å². The Morgan fingerprint density at radius 2 is 2.11 bits per heavy atom. The fraction of sp³-hybridized carbons (Fsp3) is 0.562. The number of ketones is 1. The van der Waals surface area contributed by atoms with Gasteiger partial charge in [0.2, 0.25) is 0 Å². The van der Waals surface area contributed by atoms with Gasteiger partial charge in [0.25, 0.3) is 0 Å². The topological polar surface area (TPSA) is 29.1 Å². The zero-order valence-corrected chi connectivity index (χ0v) is 11.3. The third-order valence-corrected chi connectivity index (χ3v) is 4.64. The molecule has 0 radical (unpaired) electrons. The van der Waals surface area contributed by atoms with Crippen LogP contribution in [0.25, 0.3) is 0 Å². The number of hydrogen-bond acceptors (Lipinski definition) is 2. The van der Waals surface area contributed by atoms with E-state index in [1.54, 1.807) is 6.07 Å². The van der Waals surface area contributed by atoms with Crippen LogP contribution in [-0.4, -0.2) is 17.9 Å². The molecular formula is C16H20FNO. The van der Waals surface area contributed by atoms with Crippen molar-refractivity contribution in [3.63, 3.8) is 0 Å². The van der Waals surface area contributed by atoms with Crippen LogP contribution in [0, 0.1) is 18.7 Å². The summed E-state index contributed by atoms with van der Waals surface area (Å²) in [7, 11) is 0. The van der Waals surface area contributed by atoms with Gasteiger partial charge >= 0.3 is 0 Å². The van der Waals surface area contributed by atoms with Gasteiger partial charge in [-0.15, -0.1) is 0 Å². The van der Waals surface area contributed by atoms with Crippen molar-refractivity contribution < 1.29 is 9.18 Å². The molecule has 2 fully saturated rings. The lowest BCUT2D eigenvalue weighted by atomic mass is 9.84. The molecule has 0 spiro atoms. The molecule has 1 heterocycles. The van der Waals surface area contributed by atoms with Crippen LogP contribution in [0.3, 0.4) is 0 Å². The summed E-state index contributed by atoms with van der Waals surface area (Å²) in [6.07, 6.45) is 5.86. The van der Waals surface area contributed by atoms with Gasteiger partial charge in [-0.1, -0.05) is 18.9 Å². The Balaban J connectivity index is 1.79. The predicted octanol–water partition coefficient (Wildman–Crippen LogP) is 3.24. The normalized spacial score (nSPS) is 30.1. The Kier molecular flexibility index (Phi) is 3.40. The standard InChI is InChI=1S/C16H20FNO/c1-10-6-7-12(17)9-13(10)16(19)15-8-11-4-2-3-5-14(11)18-15/h6-7,9,11,14-15,18H,2-5,8H2,1H3. The predicted molar refractivity (Wildman–Crippen MR) is 72.8 cm³/mol. The van der Waals surface area contributed by atoms with Crippen LogP contribution in [0.4, 0.5) is 4.39 Å². The van der Waals surface area contributed by atoms with E-state index in [0.29, 0.717) is 17.5 Å². The van der Waals surface area contributed by atoms with E-state index >= 15 is 0 Å². The Morgan fingerprint density at radius 1 is 1.32 bits per heavy atom. The molecule has 3 atom stereocenters. The smallest absolute Gasteiger partial charge is 0.180 e. The van der Waals surface area contributed by atoms with Gasteiger partial charge in [-0.3, -0.25) is 4.79 Å². The van der Waals surface area contributed by atoms with E-state index in [0.717, 1.165) is 12.0 Å². The molecule has 1 aromatic carbocycles. The van der Waals surface area contributed by atoms with E-state index in [9.17, 15) is 9.18 Å². The summed E-state index contributed by atoms with van der Waals surface area (Å²) >= 11 is 0. The summed E-state index contributed by atoms with van der Waals surface area (Å²) in [5.41, 5.74) is 1.40. The van der Waals surface area contributed by atoms with Gasteiger partial charge in [0.05, 0.1) is 6.04 Å². The molecule has 3 rings (SSSR count). The molecule has 3 heteroatoms. The second-order valence-electron chi connectivity index (χ2n) is 5.93. The number of nitrogens with one attached hydrogen (secondary N) is 1. The van der Waals surface area contributed by atoms with Crippen LogP contribution < -0.4 is 5.32 Å². The molecule has 1 aromatic rings. The molecule has 0 bridgehead atoms. The fourth-order valence-electron chi connectivity index (χ4n) is 3.57. The maximum Gasteiger partial charge on any atom is 0.180 e. The average Bonchev–Trinajstić information content (AvgIpc) is 2.84. The maximum atomic E-state index is 13.3. The lowest BCUT2D eigenvalue weighted by Crippen LogP contribution is -2.37. The zero-order chi connectivity index (χ0) is 13.4. The molecule has 0 aromatic heterocycles. The highest BCUT2D eigenvalue weighted by atomic mass is 19.1. The van der Waals surface area contributed by atoms with E-state index in [-0.39, 0.29) is 17.6 Å². The van der Waals surface area contributed by atoms with E-state index < -0.39 is 0 Å². The molecule has 2 nitrogen and oxygen atoms in total. The number of carbonyl (C=O) groups is 1. The summed E-state index contributed by atoms with van der Waals surface area (Å²) in [5, 5.41) is 3.47. The van der Waals surface area contributed by atoms with Gasteiger partial charge < -0.3 is 5.32 Å². The Bertz CT molecular complexity index is 486. The molecule has 2 aliphatic rings. The van der Waals surface area contributed by atoms with Crippen LogP contribution in [0.5, 0.6) is 0 Å². The van der Waals surface area contributed by atoms with Crippen LogP contribution in [-0.2, 0) is 0 Å². The van der Waals surface area contributed by atoms with Gasteiger partial charge in [0, 0.05) is 11.6 Å². The third-order valence-electron chi connectivity index (χ3n) is 4.64. The maximum absolute atomic E-state index is 13.3.